The molecule has 1 amide bonds. The summed E-state index contributed by atoms with van der Waals surface area (Å²) in [4.78, 5) is 40.9. The van der Waals surface area contributed by atoms with E-state index in [9.17, 15) is 14.4 Å². The fourth-order valence-electron chi connectivity index (χ4n) is 4.28. The number of fused-ring (bicyclic) bond motifs is 1. The molecule has 0 saturated heterocycles. The summed E-state index contributed by atoms with van der Waals surface area (Å²) < 4.78 is 0.949. The highest BCUT2D eigenvalue weighted by Crippen LogP contribution is 2.42. The molecule has 1 aromatic carbocycles. The van der Waals surface area contributed by atoms with Crippen molar-refractivity contribution < 1.29 is 9.59 Å². The summed E-state index contributed by atoms with van der Waals surface area (Å²) >= 11 is 3.48. The van der Waals surface area contributed by atoms with Crippen LogP contribution in [0.25, 0.3) is 0 Å². The van der Waals surface area contributed by atoms with Crippen LogP contribution in [0.2, 0.25) is 0 Å². The highest BCUT2D eigenvalue weighted by molar-refractivity contribution is 9.10. The molecule has 0 aliphatic heterocycles. The van der Waals surface area contributed by atoms with Crippen LogP contribution in [0.1, 0.15) is 71.5 Å². The van der Waals surface area contributed by atoms with E-state index in [4.69, 9.17) is 0 Å². The van der Waals surface area contributed by atoms with E-state index in [1.54, 1.807) is 0 Å². The number of benzene rings is 1. The Morgan fingerprint density at radius 2 is 1.89 bits per heavy atom. The number of amides is 1. The molecule has 28 heavy (non-hydrogen) atoms. The van der Waals surface area contributed by atoms with E-state index in [0.29, 0.717) is 24.1 Å². The number of aromatic amines is 1. The van der Waals surface area contributed by atoms with Gasteiger partial charge >= 0.3 is 0 Å². The minimum atomic E-state index is -0.463. The number of ketones is 1. The molecule has 1 fully saturated rings. The van der Waals surface area contributed by atoms with Gasteiger partial charge in [0.2, 0.25) is 0 Å². The van der Waals surface area contributed by atoms with Crippen molar-refractivity contribution in [2.45, 2.75) is 51.5 Å². The van der Waals surface area contributed by atoms with Gasteiger partial charge < -0.3 is 10.3 Å². The van der Waals surface area contributed by atoms with Gasteiger partial charge in [-0.05, 0) is 54.9 Å². The summed E-state index contributed by atoms with van der Waals surface area (Å²) in [5, 5.41) is 3.08. The van der Waals surface area contributed by atoms with Crippen molar-refractivity contribution in [3.8, 4) is 0 Å². The number of hydrogen-bond donors (Lipinski definition) is 2. The quantitative estimate of drug-likeness (QED) is 0.750. The lowest BCUT2D eigenvalue weighted by molar-refractivity contribution is 0.0821. The Balaban J connectivity index is 1.67. The van der Waals surface area contributed by atoms with Gasteiger partial charge in [-0.15, -0.1) is 0 Å². The second-order valence-corrected chi connectivity index (χ2v) is 9.66. The van der Waals surface area contributed by atoms with Crippen molar-refractivity contribution in [2.24, 2.45) is 5.41 Å². The number of nitrogens with one attached hydrogen (secondary N) is 2. The van der Waals surface area contributed by atoms with Gasteiger partial charge in [0.15, 0.2) is 5.78 Å². The molecule has 0 bridgehead atoms. The Bertz CT molecular complexity index is 1030. The summed E-state index contributed by atoms with van der Waals surface area (Å²) in [6, 6.07) is 9.36. The molecular weight excluding hydrogens is 420 g/mol. The van der Waals surface area contributed by atoms with E-state index in [1.807, 2.05) is 38.1 Å². The Morgan fingerprint density at radius 1 is 1.14 bits per heavy atom. The Kier molecular flexibility index (Phi) is 4.57. The van der Waals surface area contributed by atoms with Gasteiger partial charge in [-0.2, -0.15) is 0 Å². The maximum Gasteiger partial charge on any atom is 0.261 e. The van der Waals surface area contributed by atoms with Crippen molar-refractivity contribution in [3.63, 3.8) is 0 Å². The third kappa shape index (κ3) is 3.34. The largest absolute Gasteiger partial charge is 0.342 e. The van der Waals surface area contributed by atoms with E-state index >= 15 is 0 Å². The summed E-state index contributed by atoms with van der Waals surface area (Å²) in [5.74, 6) is -0.455. The van der Waals surface area contributed by atoms with Crippen molar-refractivity contribution in [1.29, 1.82) is 0 Å². The molecule has 146 valence electrons. The Labute approximate surface area is 172 Å². The third-order valence-electron chi connectivity index (χ3n) is 5.90. The molecule has 2 aliphatic rings. The number of aromatic nitrogens is 1. The topological polar surface area (TPSA) is 79.0 Å². The van der Waals surface area contributed by atoms with E-state index in [1.165, 1.54) is 6.07 Å². The van der Waals surface area contributed by atoms with E-state index < -0.39 is 17.0 Å². The molecule has 0 atom stereocenters. The molecule has 4 rings (SSSR count). The summed E-state index contributed by atoms with van der Waals surface area (Å²) in [6.07, 6.45) is 3.69. The average molecular weight is 443 g/mol. The predicted octanol–water partition coefficient (Wildman–Crippen LogP) is 4.10. The van der Waals surface area contributed by atoms with Crippen LogP contribution in [0.4, 0.5) is 0 Å². The van der Waals surface area contributed by atoms with Crippen LogP contribution in [-0.4, -0.2) is 16.7 Å². The molecule has 0 unspecified atom stereocenters. The molecule has 2 aliphatic carbocycles. The number of carbonyl (C=O) groups excluding carboxylic acids is 2. The van der Waals surface area contributed by atoms with Gasteiger partial charge in [0.1, 0.15) is 5.56 Å². The number of Topliss-reactive ketones (excluding diaryl/α,β-unsaturated/α-hetero) is 1. The number of H-pyrrole nitrogens is 1. The standard InChI is InChI=1S/C22H23BrN2O3/c1-21(2)11-17-15(18(26)12-21)10-16(19(27)24-17)20(28)25-22(7-4-8-22)13-5-3-6-14(23)9-13/h3,5-6,9-10H,4,7-8,11-12H2,1-2H3,(H,24,27)(H,25,28). The maximum atomic E-state index is 13.0. The fourth-order valence-corrected chi connectivity index (χ4v) is 4.68. The number of pyridine rings is 1. The van der Waals surface area contributed by atoms with Gasteiger partial charge in [-0.25, -0.2) is 0 Å². The molecule has 0 spiro atoms. The molecular formula is C22H23BrN2O3. The number of carbonyl (C=O) groups is 2. The molecule has 6 heteroatoms. The first-order valence-electron chi connectivity index (χ1n) is 9.57. The Hall–Kier alpha value is -2.21. The van der Waals surface area contributed by atoms with E-state index in [0.717, 1.165) is 29.3 Å². The lowest BCUT2D eigenvalue weighted by Gasteiger charge is -2.43. The molecule has 1 aromatic heterocycles. The molecule has 2 aromatic rings. The zero-order valence-corrected chi connectivity index (χ0v) is 17.6. The predicted molar refractivity (Wildman–Crippen MR) is 111 cm³/mol. The van der Waals surface area contributed by atoms with Crippen LogP contribution in [0.15, 0.2) is 39.6 Å². The monoisotopic (exact) mass is 442 g/mol. The van der Waals surface area contributed by atoms with Crippen LogP contribution in [-0.2, 0) is 12.0 Å². The van der Waals surface area contributed by atoms with Gasteiger partial charge in [-0.3, -0.25) is 14.4 Å². The first-order chi connectivity index (χ1) is 13.2. The summed E-state index contributed by atoms with van der Waals surface area (Å²) in [6.45, 7) is 4.01. The smallest absolute Gasteiger partial charge is 0.261 e. The van der Waals surface area contributed by atoms with Gasteiger partial charge in [0.05, 0.1) is 5.54 Å². The fraction of sp³-hybridized carbons (Fsp3) is 0.409. The number of hydrogen-bond acceptors (Lipinski definition) is 3. The average Bonchev–Trinajstić information content (AvgIpc) is 2.56. The molecule has 0 radical (unpaired) electrons. The van der Waals surface area contributed by atoms with Gasteiger partial charge in [0, 0.05) is 22.2 Å². The first kappa shape index (κ1) is 19.1. The van der Waals surface area contributed by atoms with Gasteiger partial charge in [0.25, 0.3) is 11.5 Å². The molecule has 1 saturated carbocycles. The van der Waals surface area contributed by atoms with E-state index in [-0.39, 0.29) is 16.8 Å². The lowest BCUT2D eigenvalue weighted by atomic mass is 9.71. The summed E-state index contributed by atoms with van der Waals surface area (Å²) in [7, 11) is 0. The minimum Gasteiger partial charge on any atom is -0.342 e. The van der Waals surface area contributed by atoms with Crippen LogP contribution in [0.5, 0.6) is 0 Å². The van der Waals surface area contributed by atoms with Crippen LogP contribution in [0.3, 0.4) is 0 Å². The van der Waals surface area contributed by atoms with Crippen molar-refractivity contribution in [1.82, 2.24) is 10.3 Å². The molecule has 2 N–H and O–H groups in total. The summed E-state index contributed by atoms with van der Waals surface area (Å²) in [5.41, 5.74) is 1.04. The number of rotatable bonds is 3. The first-order valence-corrected chi connectivity index (χ1v) is 10.4. The van der Waals surface area contributed by atoms with E-state index in [2.05, 4.69) is 26.2 Å². The highest BCUT2D eigenvalue weighted by atomic mass is 79.9. The second-order valence-electron chi connectivity index (χ2n) is 8.75. The number of halogens is 1. The highest BCUT2D eigenvalue weighted by Gasteiger charge is 2.41. The van der Waals surface area contributed by atoms with Crippen LogP contribution < -0.4 is 10.9 Å². The van der Waals surface area contributed by atoms with Crippen LogP contribution in [0, 0.1) is 5.41 Å². The molecule has 1 heterocycles. The van der Waals surface area contributed by atoms with Gasteiger partial charge in [-0.1, -0.05) is 41.9 Å². The SMILES string of the molecule is CC1(C)CC(=O)c2cc(C(=O)NC3(c4cccc(Br)c4)CCC3)c(=O)[nH]c2C1. The molecule has 5 nitrogen and oxygen atoms in total. The van der Waals surface area contributed by atoms with Crippen molar-refractivity contribution in [2.75, 3.05) is 0 Å². The Morgan fingerprint density at radius 3 is 2.54 bits per heavy atom. The third-order valence-corrected chi connectivity index (χ3v) is 6.39. The zero-order valence-electron chi connectivity index (χ0n) is 16.0. The van der Waals surface area contributed by atoms with Crippen molar-refractivity contribution >= 4 is 27.6 Å². The maximum absolute atomic E-state index is 13.0. The van der Waals surface area contributed by atoms with Crippen molar-refractivity contribution in [3.05, 3.63) is 67.5 Å². The van der Waals surface area contributed by atoms with Crippen LogP contribution >= 0.6 is 15.9 Å². The second kappa shape index (κ2) is 6.69. The normalized spacial score (nSPS) is 19.5. The zero-order chi connectivity index (χ0) is 20.1. The lowest BCUT2D eigenvalue weighted by Crippen LogP contribution is -2.51. The minimum absolute atomic E-state index is 0.00748.